The fourth-order valence-corrected chi connectivity index (χ4v) is 2.76. The van der Waals surface area contributed by atoms with Gasteiger partial charge in [0.05, 0.1) is 11.0 Å². The van der Waals surface area contributed by atoms with Gasteiger partial charge in [-0.3, -0.25) is 4.21 Å². The highest BCUT2D eigenvalue weighted by molar-refractivity contribution is 7.84. The van der Waals surface area contributed by atoms with Crippen molar-refractivity contribution in [3.8, 4) is 0 Å². The van der Waals surface area contributed by atoms with Crippen LogP contribution < -0.4 is 0 Å². The molecule has 5 heteroatoms. The fraction of sp³-hybridized carbons (Fsp3) is 0.462. The van der Waals surface area contributed by atoms with Crippen molar-refractivity contribution in [2.75, 3.05) is 17.9 Å². The topological polar surface area (TPSA) is 34.9 Å². The number of aryl methyl sites for hydroxylation is 3. The minimum Gasteiger partial charge on any atom is -0.327 e. The average Bonchev–Trinajstić information content (AvgIpc) is 2.66. The minimum absolute atomic E-state index is 0.553. The largest absolute Gasteiger partial charge is 0.327 e. The Bertz CT molecular complexity index is 580. The van der Waals surface area contributed by atoms with Crippen LogP contribution in [0.5, 0.6) is 0 Å². The summed E-state index contributed by atoms with van der Waals surface area (Å²) in [5.74, 6) is 2.19. The minimum atomic E-state index is -0.794. The van der Waals surface area contributed by atoms with Crippen LogP contribution in [-0.2, 0) is 23.8 Å². The summed E-state index contributed by atoms with van der Waals surface area (Å²) in [5.41, 5.74) is 3.34. The van der Waals surface area contributed by atoms with Crippen LogP contribution in [0.15, 0.2) is 18.2 Å². The van der Waals surface area contributed by atoms with Crippen molar-refractivity contribution < 1.29 is 4.21 Å². The van der Waals surface area contributed by atoms with E-state index in [-0.39, 0.29) is 0 Å². The lowest BCUT2D eigenvalue weighted by Crippen LogP contribution is -2.10. The zero-order valence-electron chi connectivity index (χ0n) is 10.6. The number of rotatable bonds is 5. The molecule has 2 rings (SSSR count). The van der Waals surface area contributed by atoms with Crippen molar-refractivity contribution in [3.05, 3.63) is 29.6 Å². The standard InChI is InChI=1S/C13H17ClN2OS/c1-10-4-3-5-11-13(10)16(8-9-18(2)17)12(15-11)6-7-14/h3-5H,6-9H2,1-2H3. The molecule has 0 spiro atoms. The van der Waals surface area contributed by atoms with Gasteiger partial charge in [0.25, 0.3) is 0 Å². The number of hydrogen-bond acceptors (Lipinski definition) is 2. The van der Waals surface area contributed by atoms with E-state index in [1.54, 1.807) is 6.26 Å². The van der Waals surface area contributed by atoms with Crippen LogP contribution >= 0.6 is 11.6 Å². The quantitative estimate of drug-likeness (QED) is 0.791. The summed E-state index contributed by atoms with van der Waals surface area (Å²) in [6.45, 7) is 2.81. The first kappa shape index (κ1) is 13.6. The average molecular weight is 285 g/mol. The third kappa shape index (κ3) is 2.75. The second-order valence-electron chi connectivity index (χ2n) is 4.34. The lowest BCUT2D eigenvalue weighted by atomic mass is 10.2. The number of hydrogen-bond donors (Lipinski definition) is 0. The maximum absolute atomic E-state index is 11.3. The smallest absolute Gasteiger partial charge is 0.111 e. The van der Waals surface area contributed by atoms with Gasteiger partial charge in [-0.05, 0) is 18.6 Å². The highest BCUT2D eigenvalue weighted by Gasteiger charge is 2.12. The van der Waals surface area contributed by atoms with E-state index in [0.29, 0.717) is 11.6 Å². The third-order valence-corrected chi connectivity index (χ3v) is 3.91. The molecular weight excluding hydrogens is 268 g/mol. The summed E-state index contributed by atoms with van der Waals surface area (Å²) in [4.78, 5) is 4.62. The maximum atomic E-state index is 11.3. The van der Waals surface area contributed by atoms with Gasteiger partial charge in [0.15, 0.2) is 0 Å². The lowest BCUT2D eigenvalue weighted by Gasteiger charge is -2.08. The number of imidazole rings is 1. The molecule has 1 heterocycles. The normalized spacial score (nSPS) is 13.1. The summed E-state index contributed by atoms with van der Waals surface area (Å²) in [7, 11) is -0.794. The molecular formula is C13H17ClN2OS. The van der Waals surface area contributed by atoms with E-state index >= 15 is 0 Å². The van der Waals surface area contributed by atoms with Crippen molar-refractivity contribution in [1.29, 1.82) is 0 Å². The molecule has 1 aromatic heterocycles. The van der Waals surface area contributed by atoms with Crippen LogP contribution in [-0.4, -0.2) is 31.6 Å². The first-order chi connectivity index (χ1) is 8.63. The van der Waals surface area contributed by atoms with E-state index < -0.39 is 10.8 Å². The van der Waals surface area contributed by atoms with Gasteiger partial charge >= 0.3 is 0 Å². The zero-order chi connectivity index (χ0) is 13.1. The first-order valence-corrected chi connectivity index (χ1v) is 8.20. The summed E-state index contributed by atoms with van der Waals surface area (Å²) in [6, 6.07) is 6.10. The molecule has 1 atom stereocenters. The van der Waals surface area contributed by atoms with E-state index in [0.717, 1.165) is 29.8 Å². The molecule has 0 saturated heterocycles. The van der Waals surface area contributed by atoms with Gasteiger partial charge in [-0.2, -0.15) is 0 Å². The van der Waals surface area contributed by atoms with E-state index in [4.69, 9.17) is 11.6 Å². The maximum Gasteiger partial charge on any atom is 0.111 e. The highest BCUT2D eigenvalue weighted by atomic mass is 35.5. The molecule has 1 aromatic carbocycles. The van der Waals surface area contributed by atoms with Crippen molar-refractivity contribution in [2.24, 2.45) is 0 Å². The number of alkyl halides is 1. The van der Waals surface area contributed by atoms with Gasteiger partial charge in [-0.15, -0.1) is 11.6 Å². The molecule has 0 bridgehead atoms. The van der Waals surface area contributed by atoms with Crippen molar-refractivity contribution in [3.63, 3.8) is 0 Å². The van der Waals surface area contributed by atoms with Crippen molar-refractivity contribution in [1.82, 2.24) is 9.55 Å². The van der Waals surface area contributed by atoms with Crippen LogP contribution in [0.1, 0.15) is 11.4 Å². The molecule has 0 amide bonds. The van der Waals surface area contributed by atoms with Gasteiger partial charge in [-0.1, -0.05) is 12.1 Å². The molecule has 0 aliphatic heterocycles. The predicted octanol–water partition coefficient (Wildman–Crippen LogP) is 2.50. The summed E-state index contributed by atoms with van der Waals surface area (Å²) in [5, 5.41) is 0. The Labute approximate surface area is 115 Å². The number of fused-ring (bicyclic) bond motifs is 1. The van der Waals surface area contributed by atoms with E-state index in [1.165, 1.54) is 5.56 Å². The van der Waals surface area contributed by atoms with Gasteiger partial charge in [0.1, 0.15) is 5.82 Å². The molecule has 18 heavy (non-hydrogen) atoms. The SMILES string of the molecule is Cc1cccc2nc(CCCl)n(CCS(C)=O)c12. The molecule has 0 saturated carbocycles. The number of aromatic nitrogens is 2. The molecule has 1 unspecified atom stereocenters. The van der Waals surface area contributed by atoms with E-state index in [2.05, 4.69) is 22.5 Å². The Morgan fingerprint density at radius 3 is 2.89 bits per heavy atom. The van der Waals surface area contributed by atoms with Crippen LogP contribution in [0.3, 0.4) is 0 Å². The number of halogens is 1. The first-order valence-electron chi connectivity index (χ1n) is 5.94. The van der Waals surface area contributed by atoms with Crippen LogP contribution in [0.4, 0.5) is 0 Å². The molecule has 98 valence electrons. The van der Waals surface area contributed by atoms with Crippen LogP contribution in [0.25, 0.3) is 11.0 Å². The van der Waals surface area contributed by atoms with Crippen molar-refractivity contribution in [2.45, 2.75) is 19.9 Å². The van der Waals surface area contributed by atoms with Gasteiger partial charge in [0.2, 0.25) is 0 Å². The molecule has 0 N–H and O–H groups in total. The zero-order valence-corrected chi connectivity index (χ0v) is 12.2. The van der Waals surface area contributed by atoms with Gasteiger partial charge < -0.3 is 4.57 Å². The highest BCUT2D eigenvalue weighted by Crippen LogP contribution is 2.20. The molecule has 2 aromatic rings. The number of benzene rings is 1. The Morgan fingerprint density at radius 1 is 1.44 bits per heavy atom. The summed E-state index contributed by atoms with van der Waals surface area (Å²) in [6.07, 6.45) is 2.47. The Kier molecular flexibility index (Phi) is 4.40. The summed E-state index contributed by atoms with van der Waals surface area (Å²) >= 11 is 5.82. The Hall–Kier alpha value is -0.870. The number of para-hydroxylation sites is 1. The van der Waals surface area contributed by atoms with E-state index in [1.807, 2.05) is 12.1 Å². The Balaban J connectivity index is 2.50. The van der Waals surface area contributed by atoms with Crippen molar-refractivity contribution >= 4 is 33.4 Å². The molecule has 0 radical (unpaired) electrons. The molecule has 3 nitrogen and oxygen atoms in total. The van der Waals surface area contributed by atoms with Crippen LogP contribution in [0.2, 0.25) is 0 Å². The molecule has 0 aliphatic carbocycles. The second kappa shape index (κ2) is 5.85. The summed E-state index contributed by atoms with van der Waals surface area (Å²) < 4.78 is 13.4. The van der Waals surface area contributed by atoms with Crippen LogP contribution in [0, 0.1) is 6.92 Å². The Morgan fingerprint density at radius 2 is 2.22 bits per heavy atom. The molecule has 0 fully saturated rings. The van der Waals surface area contributed by atoms with E-state index in [9.17, 15) is 4.21 Å². The third-order valence-electron chi connectivity index (χ3n) is 2.97. The predicted molar refractivity (Wildman–Crippen MR) is 77.8 cm³/mol. The fourth-order valence-electron chi connectivity index (χ4n) is 2.15. The second-order valence-corrected chi connectivity index (χ2v) is 6.27. The van der Waals surface area contributed by atoms with Gasteiger partial charge in [-0.25, -0.2) is 4.98 Å². The number of nitrogens with zero attached hydrogens (tertiary/aromatic N) is 2. The lowest BCUT2D eigenvalue weighted by molar-refractivity contribution is 0.674. The molecule has 0 aliphatic rings. The van der Waals surface area contributed by atoms with Gasteiger partial charge in [0, 0.05) is 41.7 Å². The monoisotopic (exact) mass is 284 g/mol.